The number of amides is 1. The van der Waals surface area contributed by atoms with Crippen molar-refractivity contribution >= 4 is 28.2 Å². The van der Waals surface area contributed by atoms with Gasteiger partial charge >= 0.3 is 0 Å². The minimum Gasteiger partial charge on any atom is -0.378 e. The fourth-order valence-electron chi connectivity index (χ4n) is 3.51. The molecule has 1 aliphatic heterocycles. The van der Waals surface area contributed by atoms with E-state index in [-0.39, 0.29) is 5.91 Å². The minimum absolute atomic E-state index is 0.00280. The van der Waals surface area contributed by atoms with Gasteiger partial charge in [0.2, 0.25) is 5.91 Å². The fraction of sp³-hybridized carbons (Fsp3) is 0.286. The van der Waals surface area contributed by atoms with Crippen LogP contribution in [-0.2, 0) is 16.0 Å². The van der Waals surface area contributed by atoms with Gasteiger partial charge in [0.15, 0.2) is 0 Å². The average Bonchev–Trinajstić information content (AvgIpc) is 2.98. The maximum Gasteiger partial charge on any atom is 0.228 e. The summed E-state index contributed by atoms with van der Waals surface area (Å²) in [6.07, 6.45) is 0.362. The maximum atomic E-state index is 12.5. The highest BCUT2D eigenvalue weighted by atomic mass is 16.5. The Morgan fingerprint density at radius 1 is 1.12 bits per heavy atom. The largest absolute Gasteiger partial charge is 0.378 e. The third-order valence-corrected chi connectivity index (χ3v) is 4.89. The number of para-hydroxylation sites is 1. The Morgan fingerprint density at radius 2 is 1.85 bits per heavy atom. The predicted octanol–water partition coefficient (Wildman–Crippen LogP) is 3.49. The Kier molecular flexibility index (Phi) is 4.63. The van der Waals surface area contributed by atoms with E-state index in [0.717, 1.165) is 54.2 Å². The zero-order valence-electron chi connectivity index (χ0n) is 14.9. The van der Waals surface area contributed by atoms with Gasteiger partial charge in [0.1, 0.15) is 0 Å². The third-order valence-electron chi connectivity index (χ3n) is 4.89. The van der Waals surface area contributed by atoms with E-state index in [9.17, 15) is 4.79 Å². The van der Waals surface area contributed by atoms with Gasteiger partial charge in [0.25, 0.3) is 0 Å². The molecule has 3 aromatic rings. The van der Waals surface area contributed by atoms with Crippen molar-refractivity contribution in [3.05, 3.63) is 59.8 Å². The Labute approximate surface area is 153 Å². The first-order valence-electron chi connectivity index (χ1n) is 8.99. The summed E-state index contributed by atoms with van der Waals surface area (Å²) in [7, 11) is 0. The molecule has 1 aliphatic rings. The zero-order chi connectivity index (χ0) is 17.9. The number of morpholine rings is 1. The molecule has 1 saturated heterocycles. The molecule has 1 fully saturated rings. The van der Waals surface area contributed by atoms with Crippen LogP contribution in [-0.4, -0.2) is 37.2 Å². The Morgan fingerprint density at radius 3 is 2.62 bits per heavy atom. The van der Waals surface area contributed by atoms with Gasteiger partial charge in [-0.05, 0) is 42.8 Å². The number of benzene rings is 2. The lowest BCUT2D eigenvalue weighted by Crippen LogP contribution is -2.36. The van der Waals surface area contributed by atoms with Gasteiger partial charge in [-0.3, -0.25) is 4.79 Å². The number of hydrogen-bond acceptors (Lipinski definition) is 3. The molecule has 2 heterocycles. The van der Waals surface area contributed by atoms with Crippen molar-refractivity contribution < 1.29 is 9.53 Å². The maximum absolute atomic E-state index is 12.5. The number of aryl methyl sites for hydroxylation is 1. The van der Waals surface area contributed by atoms with Crippen LogP contribution in [0.4, 0.5) is 11.4 Å². The van der Waals surface area contributed by atoms with Gasteiger partial charge in [0.05, 0.1) is 19.6 Å². The summed E-state index contributed by atoms with van der Waals surface area (Å²) in [6.45, 7) is 5.36. The topological polar surface area (TPSA) is 57.4 Å². The van der Waals surface area contributed by atoms with Crippen LogP contribution in [0.3, 0.4) is 0 Å². The number of fused-ring (bicyclic) bond motifs is 1. The summed E-state index contributed by atoms with van der Waals surface area (Å²) < 4.78 is 5.39. The number of carbonyl (C=O) groups is 1. The predicted molar refractivity (Wildman–Crippen MR) is 105 cm³/mol. The van der Waals surface area contributed by atoms with Crippen molar-refractivity contribution in [3.8, 4) is 0 Å². The lowest BCUT2D eigenvalue weighted by Gasteiger charge is -2.28. The van der Waals surface area contributed by atoms with Crippen LogP contribution in [0.5, 0.6) is 0 Å². The highest BCUT2D eigenvalue weighted by Gasteiger charge is 2.13. The van der Waals surface area contributed by atoms with Gasteiger partial charge in [-0.2, -0.15) is 0 Å². The van der Waals surface area contributed by atoms with Gasteiger partial charge in [-0.15, -0.1) is 0 Å². The van der Waals surface area contributed by atoms with Crippen molar-refractivity contribution in [1.82, 2.24) is 4.98 Å². The van der Waals surface area contributed by atoms with Crippen LogP contribution < -0.4 is 10.2 Å². The average molecular weight is 349 g/mol. The first-order chi connectivity index (χ1) is 12.7. The molecule has 1 aromatic heterocycles. The number of aromatic amines is 1. The molecule has 0 atom stereocenters. The second-order valence-electron chi connectivity index (χ2n) is 6.65. The highest BCUT2D eigenvalue weighted by molar-refractivity contribution is 5.96. The molecule has 4 rings (SSSR count). The smallest absolute Gasteiger partial charge is 0.228 e. The molecule has 0 spiro atoms. The second kappa shape index (κ2) is 7.22. The molecule has 134 valence electrons. The molecular weight excluding hydrogens is 326 g/mol. The van der Waals surface area contributed by atoms with Gasteiger partial charge in [-0.1, -0.05) is 18.2 Å². The molecule has 0 bridgehead atoms. The summed E-state index contributed by atoms with van der Waals surface area (Å²) in [5, 5.41) is 4.12. The number of aromatic nitrogens is 1. The van der Waals surface area contributed by atoms with Crippen molar-refractivity contribution in [1.29, 1.82) is 0 Å². The standard InChI is InChI=1S/C21H23N3O2/c1-15-19(18-4-2-3-5-20(18)22-15)14-21(25)23-16-6-8-17(9-7-16)24-10-12-26-13-11-24/h2-9,22H,10-14H2,1H3,(H,23,25). The molecule has 0 aliphatic carbocycles. The van der Waals surface area contributed by atoms with Crippen molar-refractivity contribution in [3.63, 3.8) is 0 Å². The van der Waals surface area contributed by atoms with Gasteiger partial charge in [-0.25, -0.2) is 0 Å². The quantitative estimate of drug-likeness (QED) is 0.758. The molecule has 5 nitrogen and oxygen atoms in total. The molecule has 0 radical (unpaired) electrons. The monoisotopic (exact) mass is 349 g/mol. The van der Waals surface area contributed by atoms with Crippen LogP contribution in [0.1, 0.15) is 11.3 Å². The third kappa shape index (κ3) is 3.44. The number of nitrogens with one attached hydrogen (secondary N) is 2. The van der Waals surface area contributed by atoms with E-state index in [4.69, 9.17) is 4.74 Å². The van der Waals surface area contributed by atoms with E-state index in [2.05, 4.69) is 33.4 Å². The van der Waals surface area contributed by atoms with Gasteiger partial charge in [0, 0.05) is 41.1 Å². The SMILES string of the molecule is Cc1[nH]c2ccccc2c1CC(=O)Nc1ccc(N2CCOCC2)cc1. The Bertz CT molecular complexity index is 909. The van der Waals surface area contributed by atoms with Crippen LogP contribution in [0.2, 0.25) is 0 Å². The summed E-state index contributed by atoms with van der Waals surface area (Å²) >= 11 is 0. The molecule has 2 aromatic carbocycles. The van der Waals surface area contributed by atoms with Crippen molar-refractivity contribution in [2.24, 2.45) is 0 Å². The summed E-state index contributed by atoms with van der Waals surface area (Å²) in [6, 6.07) is 16.1. The number of carbonyl (C=O) groups excluding carboxylic acids is 1. The number of H-pyrrole nitrogens is 1. The lowest BCUT2D eigenvalue weighted by atomic mass is 10.1. The van der Waals surface area contributed by atoms with E-state index in [1.165, 1.54) is 5.69 Å². The highest BCUT2D eigenvalue weighted by Crippen LogP contribution is 2.23. The number of hydrogen-bond donors (Lipinski definition) is 2. The Balaban J connectivity index is 1.43. The number of rotatable bonds is 4. The summed E-state index contributed by atoms with van der Waals surface area (Å²) in [5.41, 5.74) is 5.16. The van der Waals surface area contributed by atoms with Crippen LogP contribution in [0, 0.1) is 6.92 Å². The van der Waals surface area contributed by atoms with Crippen LogP contribution in [0.15, 0.2) is 48.5 Å². The molecule has 0 unspecified atom stereocenters. The van der Waals surface area contributed by atoms with E-state index >= 15 is 0 Å². The minimum atomic E-state index is -0.00280. The first kappa shape index (κ1) is 16.7. The molecule has 0 saturated carbocycles. The van der Waals surface area contributed by atoms with Crippen LogP contribution in [0.25, 0.3) is 10.9 Å². The first-order valence-corrected chi connectivity index (χ1v) is 8.99. The fourth-order valence-corrected chi connectivity index (χ4v) is 3.51. The lowest BCUT2D eigenvalue weighted by molar-refractivity contribution is -0.115. The van der Waals surface area contributed by atoms with E-state index in [1.54, 1.807) is 0 Å². The normalized spacial score (nSPS) is 14.6. The second-order valence-corrected chi connectivity index (χ2v) is 6.65. The Hall–Kier alpha value is -2.79. The van der Waals surface area contributed by atoms with E-state index in [1.807, 2.05) is 37.3 Å². The number of nitrogens with zero attached hydrogens (tertiary/aromatic N) is 1. The zero-order valence-corrected chi connectivity index (χ0v) is 14.9. The summed E-state index contributed by atoms with van der Waals surface area (Å²) in [5.74, 6) is -0.00280. The van der Waals surface area contributed by atoms with E-state index in [0.29, 0.717) is 6.42 Å². The van der Waals surface area contributed by atoms with E-state index < -0.39 is 0 Å². The number of ether oxygens (including phenoxy) is 1. The van der Waals surface area contributed by atoms with Gasteiger partial charge < -0.3 is 19.9 Å². The van der Waals surface area contributed by atoms with Crippen LogP contribution >= 0.6 is 0 Å². The summed E-state index contributed by atoms with van der Waals surface area (Å²) in [4.78, 5) is 18.2. The van der Waals surface area contributed by atoms with Crippen molar-refractivity contribution in [2.45, 2.75) is 13.3 Å². The molecule has 26 heavy (non-hydrogen) atoms. The molecular formula is C21H23N3O2. The molecule has 2 N–H and O–H groups in total. The van der Waals surface area contributed by atoms with Crippen molar-refractivity contribution in [2.75, 3.05) is 36.5 Å². The number of anilines is 2. The molecule has 1 amide bonds. The molecule has 5 heteroatoms.